The first-order valence-electron chi connectivity index (χ1n) is 5.42. The van der Waals surface area contributed by atoms with Crippen molar-refractivity contribution in [3.05, 3.63) is 0 Å². The van der Waals surface area contributed by atoms with Crippen LogP contribution in [0.3, 0.4) is 0 Å². The van der Waals surface area contributed by atoms with Crippen molar-refractivity contribution < 1.29 is 8.42 Å². The summed E-state index contributed by atoms with van der Waals surface area (Å²) < 4.78 is 25.8. The Morgan fingerprint density at radius 3 is 2.50 bits per heavy atom. The molecule has 0 radical (unpaired) electrons. The number of nitrogens with one attached hydrogen (secondary N) is 1. The van der Waals surface area contributed by atoms with Crippen LogP contribution in [0.4, 0.5) is 0 Å². The van der Waals surface area contributed by atoms with Gasteiger partial charge in [-0.05, 0) is 36.0 Å². The molecule has 1 heterocycles. The number of rotatable bonds is 0. The minimum absolute atomic E-state index is 0.258. The van der Waals surface area contributed by atoms with Gasteiger partial charge in [-0.1, -0.05) is 13.8 Å². The molecule has 4 unspecified atom stereocenters. The molecule has 1 saturated heterocycles. The molecule has 3 nitrogen and oxygen atoms in total. The zero-order valence-electron chi connectivity index (χ0n) is 8.66. The summed E-state index contributed by atoms with van der Waals surface area (Å²) in [6.07, 6.45) is 2.44. The van der Waals surface area contributed by atoms with Crippen molar-refractivity contribution in [3.8, 4) is 0 Å². The monoisotopic (exact) mass is 215 g/mol. The normalized spacial score (nSPS) is 52.1. The van der Waals surface area contributed by atoms with Gasteiger partial charge in [0.15, 0.2) is 0 Å². The number of sulfonamides is 1. The highest BCUT2D eigenvalue weighted by Crippen LogP contribution is 2.61. The lowest BCUT2D eigenvalue weighted by Gasteiger charge is -2.26. The maximum absolute atomic E-state index is 11.5. The molecule has 0 amide bonds. The molecular formula is C10H17NO2S. The average molecular weight is 215 g/mol. The maximum Gasteiger partial charge on any atom is 0.212 e. The molecule has 3 aliphatic rings. The van der Waals surface area contributed by atoms with E-state index in [4.69, 9.17) is 0 Å². The number of hydrogen-bond acceptors (Lipinski definition) is 2. The van der Waals surface area contributed by atoms with E-state index in [1.807, 2.05) is 0 Å². The molecule has 0 aromatic carbocycles. The highest BCUT2D eigenvalue weighted by molar-refractivity contribution is 7.89. The van der Waals surface area contributed by atoms with Crippen LogP contribution in [0.1, 0.15) is 26.7 Å². The van der Waals surface area contributed by atoms with E-state index < -0.39 is 10.0 Å². The molecule has 1 aliphatic heterocycles. The summed E-state index contributed by atoms with van der Waals surface area (Å²) >= 11 is 0. The minimum atomic E-state index is -2.93. The van der Waals surface area contributed by atoms with E-state index >= 15 is 0 Å². The highest BCUT2D eigenvalue weighted by Gasteiger charge is 2.62. The zero-order valence-corrected chi connectivity index (χ0v) is 9.47. The van der Waals surface area contributed by atoms with Crippen LogP contribution >= 0.6 is 0 Å². The van der Waals surface area contributed by atoms with Gasteiger partial charge in [-0.15, -0.1) is 0 Å². The summed E-state index contributed by atoms with van der Waals surface area (Å²) in [6, 6.07) is 0.258. The first-order valence-corrected chi connectivity index (χ1v) is 7.07. The van der Waals surface area contributed by atoms with Crippen molar-refractivity contribution in [2.75, 3.05) is 5.75 Å². The van der Waals surface area contributed by atoms with E-state index in [1.165, 1.54) is 12.8 Å². The predicted octanol–water partition coefficient (Wildman–Crippen LogP) is 0.970. The van der Waals surface area contributed by atoms with Gasteiger partial charge in [0.1, 0.15) is 0 Å². The Balaban J connectivity index is 2.01. The second kappa shape index (κ2) is 2.35. The Kier molecular flexibility index (Phi) is 1.54. The summed E-state index contributed by atoms with van der Waals surface area (Å²) in [4.78, 5) is 0. The number of hydrogen-bond donors (Lipinski definition) is 1. The van der Waals surface area contributed by atoms with Crippen LogP contribution < -0.4 is 4.72 Å². The SMILES string of the molecule is CC1(C)C2CCC1C1NS(=O)(=O)CC12. The molecule has 0 aromatic rings. The highest BCUT2D eigenvalue weighted by atomic mass is 32.2. The molecule has 14 heavy (non-hydrogen) atoms. The second-order valence-corrected chi connectivity index (χ2v) is 7.50. The third-order valence-electron chi connectivity index (χ3n) is 4.84. The van der Waals surface area contributed by atoms with Gasteiger partial charge in [0, 0.05) is 6.04 Å². The van der Waals surface area contributed by atoms with E-state index in [1.54, 1.807) is 0 Å². The average Bonchev–Trinajstić information content (AvgIpc) is 2.54. The third kappa shape index (κ3) is 0.936. The van der Waals surface area contributed by atoms with E-state index in [9.17, 15) is 8.42 Å². The maximum atomic E-state index is 11.5. The fourth-order valence-electron chi connectivity index (χ4n) is 4.23. The summed E-state index contributed by atoms with van der Waals surface area (Å²) in [6.45, 7) is 4.61. The van der Waals surface area contributed by atoms with Crippen LogP contribution in [0, 0.1) is 23.2 Å². The lowest BCUT2D eigenvalue weighted by atomic mass is 9.80. The van der Waals surface area contributed by atoms with Crippen LogP contribution in [0.5, 0.6) is 0 Å². The van der Waals surface area contributed by atoms with E-state index in [0.717, 1.165) is 0 Å². The van der Waals surface area contributed by atoms with Crippen LogP contribution in [-0.2, 0) is 10.0 Å². The lowest BCUT2D eigenvalue weighted by Crippen LogP contribution is -2.35. The Labute approximate surface area is 85.3 Å². The second-order valence-electron chi connectivity index (χ2n) is 5.70. The molecular weight excluding hydrogens is 198 g/mol. The van der Waals surface area contributed by atoms with Crippen molar-refractivity contribution in [2.24, 2.45) is 23.2 Å². The smallest absolute Gasteiger partial charge is 0.212 e. The molecule has 3 rings (SSSR count). The summed E-state index contributed by atoms with van der Waals surface area (Å²) in [7, 11) is -2.93. The lowest BCUT2D eigenvalue weighted by molar-refractivity contribution is 0.240. The molecule has 0 spiro atoms. The molecule has 2 saturated carbocycles. The Bertz CT molecular complexity index is 346. The van der Waals surface area contributed by atoms with Gasteiger partial charge >= 0.3 is 0 Å². The van der Waals surface area contributed by atoms with Gasteiger partial charge in [0.2, 0.25) is 10.0 Å². The van der Waals surface area contributed by atoms with Gasteiger partial charge in [-0.2, -0.15) is 0 Å². The summed E-state index contributed by atoms with van der Waals surface area (Å²) in [5.41, 5.74) is 0.359. The van der Waals surface area contributed by atoms with E-state index in [2.05, 4.69) is 18.6 Å². The first kappa shape index (κ1) is 9.16. The van der Waals surface area contributed by atoms with Crippen molar-refractivity contribution >= 4 is 10.0 Å². The van der Waals surface area contributed by atoms with Crippen molar-refractivity contribution in [1.29, 1.82) is 0 Å². The Morgan fingerprint density at radius 2 is 1.86 bits per heavy atom. The van der Waals surface area contributed by atoms with Crippen molar-refractivity contribution in [1.82, 2.24) is 4.72 Å². The van der Waals surface area contributed by atoms with Gasteiger partial charge < -0.3 is 0 Å². The molecule has 2 bridgehead atoms. The molecule has 0 aromatic heterocycles. The van der Waals surface area contributed by atoms with E-state index in [-0.39, 0.29) is 6.04 Å². The van der Waals surface area contributed by atoms with Crippen LogP contribution in [0.25, 0.3) is 0 Å². The van der Waals surface area contributed by atoms with Crippen molar-refractivity contribution in [3.63, 3.8) is 0 Å². The zero-order chi connectivity index (χ0) is 10.1. The Hall–Kier alpha value is -0.0900. The summed E-state index contributed by atoms with van der Waals surface area (Å²) in [5, 5.41) is 0. The van der Waals surface area contributed by atoms with Crippen LogP contribution in [0.2, 0.25) is 0 Å². The largest absolute Gasteiger partial charge is 0.212 e. The van der Waals surface area contributed by atoms with Crippen LogP contribution in [-0.4, -0.2) is 20.2 Å². The standard InChI is InChI=1S/C10H17NO2S/c1-10(2)7-3-4-8(10)9-6(7)5-14(12,13)11-9/h6-9,11H,3-5H2,1-2H3. The summed E-state index contributed by atoms with van der Waals surface area (Å²) in [5.74, 6) is 1.98. The van der Waals surface area contributed by atoms with Crippen molar-refractivity contribution in [2.45, 2.75) is 32.7 Å². The predicted molar refractivity (Wildman–Crippen MR) is 54.2 cm³/mol. The molecule has 80 valence electrons. The van der Waals surface area contributed by atoms with E-state index in [0.29, 0.717) is 28.9 Å². The Morgan fingerprint density at radius 1 is 1.21 bits per heavy atom. The topological polar surface area (TPSA) is 46.2 Å². The van der Waals surface area contributed by atoms with Gasteiger partial charge in [0.05, 0.1) is 5.75 Å². The molecule has 4 heteroatoms. The quantitative estimate of drug-likeness (QED) is 0.654. The van der Waals surface area contributed by atoms with Gasteiger partial charge in [0.25, 0.3) is 0 Å². The fraction of sp³-hybridized carbons (Fsp3) is 1.00. The first-order chi connectivity index (χ1) is 6.42. The molecule has 3 fully saturated rings. The van der Waals surface area contributed by atoms with Gasteiger partial charge in [-0.3, -0.25) is 0 Å². The van der Waals surface area contributed by atoms with Gasteiger partial charge in [-0.25, -0.2) is 13.1 Å². The fourth-order valence-corrected chi connectivity index (χ4v) is 6.03. The number of fused-ring (bicyclic) bond motifs is 5. The van der Waals surface area contributed by atoms with Crippen LogP contribution in [0.15, 0.2) is 0 Å². The molecule has 4 atom stereocenters. The molecule has 2 aliphatic carbocycles. The third-order valence-corrected chi connectivity index (χ3v) is 6.29. The minimum Gasteiger partial charge on any atom is -0.212 e. The molecule has 1 N–H and O–H groups in total.